The molecule has 0 saturated carbocycles. The van der Waals surface area contributed by atoms with Crippen LogP contribution in [0.25, 0.3) is 22.2 Å². The van der Waals surface area contributed by atoms with E-state index in [-0.39, 0.29) is 17.7 Å². The van der Waals surface area contributed by atoms with Gasteiger partial charge in [0.25, 0.3) is 0 Å². The van der Waals surface area contributed by atoms with Gasteiger partial charge in [-0.3, -0.25) is 4.98 Å². The molecule has 0 aliphatic heterocycles. The second kappa shape index (κ2) is 7.33. The minimum absolute atomic E-state index is 0.0667. The summed E-state index contributed by atoms with van der Waals surface area (Å²) < 4.78 is 1.98. The normalized spacial score (nSPS) is 11.9. The number of anilines is 2. The summed E-state index contributed by atoms with van der Waals surface area (Å²) >= 11 is 0. The molecule has 0 aliphatic rings. The van der Waals surface area contributed by atoms with Gasteiger partial charge in [0.2, 0.25) is 5.95 Å². The third-order valence-electron chi connectivity index (χ3n) is 4.91. The first-order valence-corrected chi connectivity index (χ1v) is 9.28. The predicted octanol–water partition coefficient (Wildman–Crippen LogP) is 3.07. The Kier molecular flexibility index (Phi) is 4.68. The molecule has 4 rings (SSSR count). The monoisotopic (exact) mass is 400 g/mol. The van der Waals surface area contributed by atoms with E-state index in [4.69, 9.17) is 10.7 Å². The summed E-state index contributed by atoms with van der Waals surface area (Å²) in [7, 11) is 1.95. The third-order valence-corrected chi connectivity index (χ3v) is 4.91. The topological polar surface area (TPSA) is 139 Å². The number of nitrogens with zero attached hydrogens (tertiary/aromatic N) is 6. The zero-order chi connectivity index (χ0) is 21.4. The molecule has 1 atom stereocenters. The van der Waals surface area contributed by atoms with Crippen molar-refractivity contribution in [2.24, 2.45) is 7.05 Å². The maximum Gasteiger partial charge on any atom is 0.222 e. The summed E-state index contributed by atoms with van der Waals surface area (Å²) in [4.78, 5) is 17.2. The van der Waals surface area contributed by atoms with E-state index in [2.05, 4.69) is 26.3 Å². The molecule has 0 amide bonds. The number of nitrogen functional groups attached to an aromatic ring is 1. The van der Waals surface area contributed by atoms with Crippen molar-refractivity contribution in [3.05, 3.63) is 53.7 Å². The van der Waals surface area contributed by atoms with Gasteiger partial charge in [0, 0.05) is 30.6 Å². The second-order valence-electron chi connectivity index (χ2n) is 7.05. The van der Waals surface area contributed by atoms with Crippen molar-refractivity contribution in [1.29, 1.82) is 5.26 Å². The Morgan fingerprint density at radius 3 is 2.77 bits per heavy atom. The highest BCUT2D eigenvalue weighted by Gasteiger charge is 2.20. The highest BCUT2D eigenvalue weighted by Crippen LogP contribution is 2.33. The molecule has 0 spiro atoms. The number of aryl methyl sites for hydroxylation is 2. The van der Waals surface area contributed by atoms with Gasteiger partial charge in [-0.2, -0.15) is 10.2 Å². The van der Waals surface area contributed by atoms with E-state index in [1.165, 1.54) is 6.20 Å². The molecule has 0 aromatic carbocycles. The summed E-state index contributed by atoms with van der Waals surface area (Å²) in [5, 5.41) is 22.7. The van der Waals surface area contributed by atoms with Gasteiger partial charge in [-0.1, -0.05) is 0 Å². The minimum Gasteiger partial charge on any atom is -0.506 e. The van der Waals surface area contributed by atoms with Crippen LogP contribution in [0.5, 0.6) is 5.75 Å². The maximum atomic E-state index is 9.93. The number of pyridine rings is 2. The second-order valence-corrected chi connectivity index (χ2v) is 7.05. The van der Waals surface area contributed by atoms with Gasteiger partial charge in [-0.25, -0.2) is 9.97 Å². The molecule has 0 fully saturated rings. The zero-order valence-electron chi connectivity index (χ0n) is 16.7. The van der Waals surface area contributed by atoms with Gasteiger partial charge in [-0.05, 0) is 32.0 Å². The smallest absolute Gasteiger partial charge is 0.222 e. The lowest BCUT2D eigenvalue weighted by Crippen LogP contribution is -2.14. The number of fused-ring (bicyclic) bond motifs is 1. The predicted molar refractivity (Wildman–Crippen MR) is 114 cm³/mol. The summed E-state index contributed by atoms with van der Waals surface area (Å²) in [6, 6.07) is 7.39. The van der Waals surface area contributed by atoms with E-state index in [9.17, 15) is 10.4 Å². The first-order chi connectivity index (χ1) is 14.4. The summed E-state index contributed by atoms with van der Waals surface area (Å²) in [6.07, 6.45) is 4.99. The highest BCUT2D eigenvalue weighted by molar-refractivity contribution is 5.83. The van der Waals surface area contributed by atoms with Crippen molar-refractivity contribution in [3.63, 3.8) is 0 Å². The van der Waals surface area contributed by atoms with Crippen LogP contribution in [0.4, 0.5) is 11.8 Å². The molecule has 150 valence electrons. The van der Waals surface area contributed by atoms with Crippen LogP contribution in [0, 0.1) is 18.3 Å². The first-order valence-electron chi connectivity index (χ1n) is 9.28. The third kappa shape index (κ3) is 3.35. The molecule has 0 bridgehead atoms. The number of hydrogen-bond donors (Lipinski definition) is 3. The van der Waals surface area contributed by atoms with Gasteiger partial charge in [-0.15, -0.1) is 0 Å². The van der Waals surface area contributed by atoms with Crippen LogP contribution in [-0.2, 0) is 7.05 Å². The van der Waals surface area contributed by atoms with E-state index >= 15 is 0 Å². The number of nitrogens with two attached hydrogens (primary N) is 1. The van der Waals surface area contributed by atoms with Gasteiger partial charge in [0.15, 0.2) is 0 Å². The molecule has 4 aromatic rings. The van der Waals surface area contributed by atoms with Crippen molar-refractivity contribution < 1.29 is 5.11 Å². The molecule has 1 unspecified atom stereocenters. The van der Waals surface area contributed by atoms with Gasteiger partial charge >= 0.3 is 0 Å². The van der Waals surface area contributed by atoms with Crippen LogP contribution < -0.4 is 11.1 Å². The Hall–Kier alpha value is -4.19. The average molecular weight is 400 g/mol. The maximum absolute atomic E-state index is 9.93. The number of nitrogens with one attached hydrogen (secondary N) is 1. The van der Waals surface area contributed by atoms with Crippen molar-refractivity contribution >= 4 is 22.8 Å². The van der Waals surface area contributed by atoms with Crippen molar-refractivity contribution in [2.45, 2.75) is 19.9 Å². The molecule has 4 heterocycles. The quantitative estimate of drug-likeness (QED) is 0.475. The Bertz CT molecular complexity index is 1300. The summed E-state index contributed by atoms with van der Waals surface area (Å²) in [5.41, 5.74) is 10.7. The van der Waals surface area contributed by atoms with Crippen LogP contribution in [0.2, 0.25) is 0 Å². The highest BCUT2D eigenvalue weighted by atomic mass is 16.3. The summed E-state index contributed by atoms with van der Waals surface area (Å²) in [6.45, 7) is 3.64. The average Bonchev–Trinajstić information content (AvgIpc) is 3.07. The minimum atomic E-state index is -0.326. The number of aromatic nitrogens is 5. The number of aromatic hydroxyl groups is 1. The molecule has 0 radical (unpaired) electrons. The molecule has 4 aromatic heterocycles. The van der Waals surface area contributed by atoms with Crippen molar-refractivity contribution in [2.75, 3.05) is 11.1 Å². The fourth-order valence-corrected chi connectivity index (χ4v) is 3.44. The number of nitriles is 1. The van der Waals surface area contributed by atoms with Crippen LogP contribution >= 0.6 is 0 Å². The van der Waals surface area contributed by atoms with E-state index < -0.39 is 0 Å². The molecule has 9 nitrogen and oxygen atoms in total. The van der Waals surface area contributed by atoms with E-state index in [0.717, 1.165) is 27.9 Å². The Morgan fingerprint density at radius 1 is 1.23 bits per heavy atom. The van der Waals surface area contributed by atoms with Gasteiger partial charge in [0.05, 0.1) is 34.7 Å². The molecular formula is C21H20N8O. The van der Waals surface area contributed by atoms with E-state index in [1.54, 1.807) is 19.2 Å². The van der Waals surface area contributed by atoms with Crippen molar-refractivity contribution in [1.82, 2.24) is 24.5 Å². The standard InChI is InChI=1S/C21H20N8O/c1-11-16(8-22)20(28-21(23)26-11)25-12(2)19-15(13-6-14(30)10-24-9-13)7-18-17(27-19)4-5-29(18)3/h4-7,9-10,12,30H,1-3H3,(H3,23,25,26,28). The van der Waals surface area contributed by atoms with Crippen LogP contribution in [0.15, 0.2) is 36.8 Å². The fourth-order valence-electron chi connectivity index (χ4n) is 3.44. The molecule has 9 heteroatoms. The zero-order valence-corrected chi connectivity index (χ0v) is 16.7. The largest absolute Gasteiger partial charge is 0.506 e. The fraction of sp³-hybridized carbons (Fsp3) is 0.190. The van der Waals surface area contributed by atoms with Crippen molar-refractivity contribution in [3.8, 4) is 22.9 Å². The van der Waals surface area contributed by atoms with E-state index in [0.29, 0.717) is 17.1 Å². The van der Waals surface area contributed by atoms with Gasteiger partial charge < -0.3 is 20.7 Å². The molecule has 0 aliphatic carbocycles. The first kappa shape index (κ1) is 19.1. The van der Waals surface area contributed by atoms with Crippen LogP contribution in [0.1, 0.15) is 29.9 Å². The molecule has 0 saturated heterocycles. The van der Waals surface area contributed by atoms with Crippen LogP contribution in [-0.4, -0.2) is 29.6 Å². The lowest BCUT2D eigenvalue weighted by molar-refractivity contribution is 0.473. The Morgan fingerprint density at radius 2 is 2.03 bits per heavy atom. The Labute approximate surface area is 172 Å². The molecular weight excluding hydrogens is 380 g/mol. The lowest BCUT2D eigenvalue weighted by atomic mass is 10.0. The Balaban J connectivity index is 1.86. The summed E-state index contributed by atoms with van der Waals surface area (Å²) in [5.74, 6) is 0.507. The number of hydrogen-bond acceptors (Lipinski definition) is 8. The SMILES string of the molecule is Cc1nc(N)nc(NC(C)c2nc3ccn(C)c3cc2-c2cncc(O)c2)c1C#N. The lowest BCUT2D eigenvalue weighted by Gasteiger charge is -2.19. The van der Waals surface area contributed by atoms with Gasteiger partial charge in [0.1, 0.15) is 23.2 Å². The number of rotatable bonds is 4. The van der Waals surface area contributed by atoms with E-state index in [1.807, 2.05) is 36.9 Å². The molecule has 30 heavy (non-hydrogen) atoms. The van der Waals surface area contributed by atoms with Crippen LogP contribution in [0.3, 0.4) is 0 Å². The molecule has 4 N–H and O–H groups in total.